The zero-order valence-corrected chi connectivity index (χ0v) is 9.34. The molecule has 1 rings (SSSR count). The highest BCUT2D eigenvalue weighted by Crippen LogP contribution is 2.22. The Morgan fingerprint density at radius 2 is 2.15 bits per heavy atom. The summed E-state index contributed by atoms with van der Waals surface area (Å²) >= 11 is 0. The molecule has 78 valence electrons. The molecule has 0 radical (unpaired) electrons. The zero-order chi connectivity index (χ0) is 9.90. The van der Waals surface area contributed by atoms with Gasteiger partial charge in [-0.15, -0.1) is 0 Å². The van der Waals surface area contributed by atoms with E-state index >= 15 is 0 Å². The first-order chi connectivity index (χ1) is 6.03. The summed E-state index contributed by atoms with van der Waals surface area (Å²) in [6, 6.07) is 0.418. The summed E-state index contributed by atoms with van der Waals surface area (Å²) in [6.45, 7) is 10.5. The van der Waals surface area contributed by atoms with Crippen LogP contribution in [-0.4, -0.2) is 30.6 Å². The van der Waals surface area contributed by atoms with E-state index in [1.807, 2.05) is 0 Å². The largest absolute Gasteiger partial charge is 0.327 e. The second-order valence-corrected chi connectivity index (χ2v) is 5.16. The number of hydrogen-bond donors (Lipinski definition) is 1. The Labute approximate surface area is 82.5 Å². The molecule has 0 aromatic heterocycles. The average molecular weight is 184 g/mol. The van der Waals surface area contributed by atoms with E-state index < -0.39 is 0 Å². The minimum absolute atomic E-state index is 0.418. The van der Waals surface area contributed by atoms with Crippen molar-refractivity contribution in [2.75, 3.05) is 19.6 Å². The number of nitrogens with zero attached hydrogens (tertiary/aromatic N) is 1. The van der Waals surface area contributed by atoms with Gasteiger partial charge in [0.2, 0.25) is 0 Å². The summed E-state index contributed by atoms with van der Waals surface area (Å²) < 4.78 is 0. The quantitative estimate of drug-likeness (QED) is 0.725. The Kier molecular flexibility index (Phi) is 3.74. The van der Waals surface area contributed by atoms with E-state index in [0.717, 1.165) is 6.54 Å². The van der Waals surface area contributed by atoms with E-state index in [1.54, 1.807) is 0 Å². The Morgan fingerprint density at radius 3 is 2.69 bits per heavy atom. The van der Waals surface area contributed by atoms with Crippen LogP contribution in [0.5, 0.6) is 0 Å². The summed E-state index contributed by atoms with van der Waals surface area (Å²) in [6.07, 6.45) is 3.74. The first-order valence-electron chi connectivity index (χ1n) is 5.51. The van der Waals surface area contributed by atoms with Crippen LogP contribution in [-0.2, 0) is 0 Å². The molecule has 0 saturated carbocycles. The van der Waals surface area contributed by atoms with Crippen molar-refractivity contribution in [3.05, 3.63) is 0 Å². The second kappa shape index (κ2) is 4.43. The molecule has 0 spiro atoms. The summed E-state index contributed by atoms with van der Waals surface area (Å²) in [7, 11) is 0. The third-order valence-corrected chi connectivity index (χ3v) is 3.15. The minimum atomic E-state index is 0.418. The maximum atomic E-state index is 5.94. The van der Waals surface area contributed by atoms with Gasteiger partial charge in [-0.2, -0.15) is 0 Å². The topological polar surface area (TPSA) is 29.3 Å². The molecule has 1 aliphatic rings. The van der Waals surface area contributed by atoms with Gasteiger partial charge in [-0.25, -0.2) is 0 Å². The van der Waals surface area contributed by atoms with E-state index in [4.69, 9.17) is 5.73 Å². The molecule has 1 atom stereocenters. The molecule has 0 bridgehead atoms. The van der Waals surface area contributed by atoms with E-state index in [1.165, 1.54) is 32.4 Å². The lowest BCUT2D eigenvalue weighted by molar-refractivity contribution is 0.139. The van der Waals surface area contributed by atoms with Crippen molar-refractivity contribution >= 4 is 0 Å². The lowest BCUT2D eigenvalue weighted by atomic mass is 9.89. The van der Waals surface area contributed by atoms with E-state index in [2.05, 4.69) is 25.7 Å². The predicted molar refractivity (Wildman–Crippen MR) is 57.7 cm³/mol. The van der Waals surface area contributed by atoms with Gasteiger partial charge in [0.05, 0.1) is 0 Å². The lowest BCUT2D eigenvalue weighted by Crippen LogP contribution is -2.46. The van der Waals surface area contributed by atoms with Crippen molar-refractivity contribution in [1.29, 1.82) is 0 Å². The summed E-state index contributed by atoms with van der Waals surface area (Å²) in [4.78, 5) is 2.53. The molecule has 0 aromatic rings. The smallest absolute Gasteiger partial charge is 0.0168 e. The molecule has 13 heavy (non-hydrogen) atoms. The van der Waals surface area contributed by atoms with Gasteiger partial charge in [-0.3, -0.25) is 0 Å². The van der Waals surface area contributed by atoms with Gasteiger partial charge in [0.25, 0.3) is 0 Å². The molecule has 0 aromatic carbocycles. The maximum absolute atomic E-state index is 5.94. The zero-order valence-electron chi connectivity index (χ0n) is 9.34. The van der Waals surface area contributed by atoms with Crippen molar-refractivity contribution < 1.29 is 0 Å². The predicted octanol–water partition coefficient (Wildman–Crippen LogP) is 1.85. The SMILES string of the molecule is CCC(C)(C)CN1CCCC(N)C1. The van der Waals surface area contributed by atoms with Gasteiger partial charge in [-0.1, -0.05) is 20.8 Å². The van der Waals surface area contributed by atoms with Gasteiger partial charge >= 0.3 is 0 Å². The summed E-state index contributed by atoms with van der Waals surface area (Å²) in [5, 5.41) is 0. The van der Waals surface area contributed by atoms with Gasteiger partial charge in [0.15, 0.2) is 0 Å². The molecular formula is C11H24N2. The Bertz CT molecular complexity index is 154. The normalized spacial score (nSPS) is 26.3. The summed E-state index contributed by atoms with van der Waals surface area (Å²) in [5.74, 6) is 0. The number of likely N-dealkylation sites (tertiary alicyclic amines) is 1. The lowest BCUT2D eigenvalue weighted by Gasteiger charge is -2.36. The minimum Gasteiger partial charge on any atom is -0.327 e. The number of piperidine rings is 1. The molecule has 2 nitrogen and oxygen atoms in total. The highest BCUT2D eigenvalue weighted by atomic mass is 15.1. The van der Waals surface area contributed by atoms with Crippen LogP contribution in [0.3, 0.4) is 0 Å². The van der Waals surface area contributed by atoms with Crippen LogP contribution in [0.4, 0.5) is 0 Å². The third-order valence-electron chi connectivity index (χ3n) is 3.15. The van der Waals surface area contributed by atoms with Gasteiger partial charge in [0.1, 0.15) is 0 Å². The van der Waals surface area contributed by atoms with Crippen LogP contribution in [0.1, 0.15) is 40.0 Å². The number of nitrogens with two attached hydrogens (primary N) is 1. The molecule has 1 aliphatic heterocycles. The maximum Gasteiger partial charge on any atom is 0.0168 e. The van der Waals surface area contributed by atoms with E-state index in [9.17, 15) is 0 Å². The fourth-order valence-electron chi connectivity index (χ4n) is 1.95. The standard InChI is InChI=1S/C11H24N2/c1-4-11(2,3)9-13-7-5-6-10(12)8-13/h10H,4-9,12H2,1-3H3. The van der Waals surface area contributed by atoms with Crippen LogP contribution in [0, 0.1) is 5.41 Å². The first kappa shape index (κ1) is 11.0. The molecule has 1 unspecified atom stereocenters. The van der Waals surface area contributed by atoms with Crippen molar-refractivity contribution in [2.45, 2.75) is 46.1 Å². The summed E-state index contributed by atoms with van der Waals surface area (Å²) in [5.41, 5.74) is 6.40. The third kappa shape index (κ3) is 3.65. The van der Waals surface area contributed by atoms with Crippen molar-refractivity contribution in [3.63, 3.8) is 0 Å². The molecule has 2 heteroatoms. The van der Waals surface area contributed by atoms with Gasteiger partial charge in [0, 0.05) is 19.1 Å². The average Bonchev–Trinajstić information content (AvgIpc) is 2.03. The van der Waals surface area contributed by atoms with Crippen molar-refractivity contribution in [1.82, 2.24) is 4.90 Å². The highest BCUT2D eigenvalue weighted by Gasteiger charge is 2.23. The number of rotatable bonds is 3. The van der Waals surface area contributed by atoms with Crippen molar-refractivity contribution in [2.24, 2.45) is 11.1 Å². The Balaban J connectivity index is 2.35. The van der Waals surface area contributed by atoms with Gasteiger partial charge < -0.3 is 10.6 Å². The molecule has 1 heterocycles. The molecule has 1 saturated heterocycles. The second-order valence-electron chi connectivity index (χ2n) is 5.16. The van der Waals surface area contributed by atoms with Crippen LogP contribution in [0.2, 0.25) is 0 Å². The van der Waals surface area contributed by atoms with E-state index in [-0.39, 0.29) is 0 Å². The molecular weight excluding hydrogens is 160 g/mol. The van der Waals surface area contributed by atoms with Crippen molar-refractivity contribution in [3.8, 4) is 0 Å². The number of hydrogen-bond acceptors (Lipinski definition) is 2. The van der Waals surface area contributed by atoms with Crippen LogP contribution < -0.4 is 5.73 Å². The molecule has 1 fully saturated rings. The highest BCUT2D eigenvalue weighted by molar-refractivity contribution is 4.79. The first-order valence-corrected chi connectivity index (χ1v) is 5.51. The fourth-order valence-corrected chi connectivity index (χ4v) is 1.95. The molecule has 2 N–H and O–H groups in total. The van der Waals surface area contributed by atoms with E-state index in [0.29, 0.717) is 11.5 Å². The fraction of sp³-hybridized carbons (Fsp3) is 1.00. The Morgan fingerprint density at radius 1 is 1.46 bits per heavy atom. The molecule has 0 amide bonds. The van der Waals surface area contributed by atoms with Crippen LogP contribution in [0.25, 0.3) is 0 Å². The van der Waals surface area contributed by atoms with Crippen LogP contribution >= 0.6 is 0 Å². The molecule has 0 aliphatic carbocycles. The Hall–Kier alpha value is -0.0800. The van der Waals surface area contributed by atoms with Crippen LogP contribution in [0.15, 0.2) is 0 Å². The monoisotopic (exact) mass is 184 g/mol. The van der Waals surface area contributed by atoms with Gasteiger partial charge in [-0.05, 0) is 31.2 Å².